The fourth-order valence-corrected chi connectivity index (χ4v) is 12.2. The molecule has 0 aromatic heterocycles. The summed E-state index contributed by atoms with van der Waals surface area (Å²) in [6.45, 7) is 10.3. The van der Waals surface area contributed by atoms with E-state index in [0.29, 0.717) is 30.7 Å². The third-order valence-corrected chi connectivity index (χ3v) is 18.6. The number of primary amides is 1. The lowest BCUT2D eigenvalue weighted by molar-refractivity contribution is -0.143. The third kappa shape index (κ3) is 31.5. The molecule has 2 bridgehead atoms. The molecule has 13 atom stereocenters. The maximum absolute atomic E-state index is 14.8. The summed E-state index contributed by atoms with van der Waals surface area (Å²) in [4.78, 5) is 195. The van der Waals surface area contributed by atoms with Gasteiger partial charge in [0.25, 0.3) is 0 Å². The monoisotopic (exact) mass is 1480 g/mol. The van der Waals surface area contributed by atoms with Crippen molar-refractivity contribution in [1.82, 2.24) is 52.8 Å². The number of fused-ring (bicyclic) bond motifs is 23. The van der Waals surface area contributed by atoms with Gasteiger partial charge in [-0.1, -0.05) is 123 Å². The van der Waals surface area contributed by atoms with Gasteiger partial charge in [0.2, 0.25) is 65.0 Å². The Labute approximate surface area is 612 Å². The Hall–Kier alpha value is -9.30. The van der Waals surface area contributed by atoms with Crippen molar-refractivity contribution in [2.45, 2.75) is 275 Å². The van der Waals surface area contributed by atoms with Gasteiger partial charge < -0.3 is 94.5 Å². The molecule has 584 valence electrons. The van der Waals surface area contributed by atoms with Crippen molar-refractivity contribution in [1.29, 1.82) is 0 Å². The van der Waals surface area contributed by atoms with E-state index in [9.17, 15) is 92.7 Å². The van der Waals surface area contributed by atoms with Gasteiger partial charge in [-0.15, -0.1) is 0 Å². The number of esters is 1. The molecule has 0 aliphatic carbocycles. The van der Waals surface area contributed by atoms with E-state index in [0.717, 1.165) is 43.9 Å². The predicted molar refractivity (Wildman–Crippen MR) is 383 cm³/mol. The number of ether oxygens (including phenoxy) is 1. The Kier molecular flexibility index (Phi) is 38.4. The lowest BCUT2D eigenvalue weighted by Crippen LogP contribution is -2.62. The number of carbonyl (C=O) groups excluding carboxylic acids is 12. The van der Waals surface area contributed by atoms with Crippen LogP contribution in [-0.4, -0.2) is 199 Å². The molecule has 18 N–H and O–H groups in total. The topological polar surface area (TPSA) is 513 Å². The van der Waals surface area contributed by atoms with Crippen LogP contribution in [0.2, 0.25) is 0 Å². The summed E-state index contributed by atoms with van der Waals surface area (Å²) in [6, 6.07) is -4.81. The van der Waals surface area contributed by atoms with E-state index in [1.54, 1.807) is 13.8 Å². The van der Waals surface area contributed by atoms with Gasteiger partial charge in [-0.3, -0.25) is 62.3 Å². The number of rotatable bonds is 36. The number of amides is 11. The Morgan fingerprint density at radius 3 is 1.72 bits per heavy atom. The maximum atomic E-state index is 14.8. The molecular formula is C73H112N12O20. The van der Waals surface area contributed by atoms with Crippen molar-refractivity contribution in [2.24, 2.45) is 23.3 Å². The van der Waals surface area contributed by atoms with Gasteiger partial charge in [0, 0.05) is 38.6 Å². The molecule has 3 heterocycles. The van der Waals surface area contributed by atoms with Gasteiger partial charge >= 0.3 is 17.9 Å². The van der Waals surface area contributed by atoms with Crippen molar-refractivity contribution in [2.75, 3.05) is 13.1 Å². The number of hydrogen-bond acceptors (Lipinski definition) is 19. The molecule has 1 fully saturated rings. The first-order valence-electron chi connectivity index (χ1n) is 36.7. The third-order valence-electron chi connectivity index (χ3n) is 18.6. The second-order valence-electron chi connectivity index (χ2n) is 27.8. The van der Waals surface area contributed by atoms with Crippen molar-refractivity contribution in [3.8, 4) is 11.5 Å². The van der Waals surface area contributed by atoms with Crippen LogP contribution in [0.3, 0.4) is 0 Å². The molecule has 11 amide bonds. The van der Waals surface area contributed by atoms with E-state index in [-0.39, 0.29) is 68.7 Å². The molecule has 32 heteroatoms. The average molecular weight is 1480 g/mol. The molecule has 13 unspecified atom stereocenters. The first kappa shape index (κ1) is 88.1. The largest absolute Gasteiger partial charge is 0.508 e. The number of nitrogens with zero attached hydrogens (tertiary/aromatic N) is 1. The van der Waals surface area contributed by atoms with Crippen LogP contribution in [-0.2, 0) is 80.0 Å². The minimum absolute atomic E-state index is 0.0227. The molecule has 1 saturated heterocycles. The van der Waals surface area contributed by atoms with Crippen LogP contribution < -0.4 is 64.1 Å². The highest BCUT2D eigenvalue weighted by molar-refractivity contribution is 5.99. The van der Waals surface area contributed by atoms with Crippen LogP contribution in [0.25, 0.3) is 0 Å². The minimum Gasteiger partial charge on any atom is -0.508 e. The predicted octanol–water partition coefficient (Wildman–Crippen LogP) is 1.33. The van der Waals surface area contributed by atoms with E-state index >= 15 is 0 Å². The van der Waals surface area contributed by atoms with Gasteiger partial charge in [-0.2, -0.15) is 0 Å². The van der Waals surface area contributed by atoms with E-state index in [1.807, 2.05) is 0 Å². The molecular weight excluding hydrogens is 1360 g/mol. The number of carboxylic acids is 2. The first-order valence-corrected chi connectivity index (χ1v) is 36.7. The van der Waals surface area contributed by atoms with E-state index in [4.69, 9.17) is 16.2 Å². The van der Waals surface area contributed by atoms with Gasteiger partial charge in [-0.05, 0) is 118 Å². The average Bonchev–Trinajstić information content (AvgIpc) is 1.82. The summed E-state index contributed by atoms with van der Waals surface area (Å²) in [7, 11) is 0. The van der Waals surface area contributed by atoms with E-state index < -0.39 is 213 Å². The fourth-order valence-electron chi connectivity index (χ4n) is 12.2. The van der Waals surface area contributed by atoms with Gasteiger partial charge in [0.1, 0.15) is 71.9 Å². The number of phenolic OH excluding ortho intramolecular Hbond substituents is 1. The fraction of sp³-hybridized carbons (Fsp3) is 0.644. The molecule has 2 aromatic carbocycles. The summed E-state index contributed by atoms with van der Waals surface area (Å²) >= 11 is 0. The van der Waals surface area contributed by atoms with Crippen LogP contribution in [0.4, 0.5) is 0 Å². The van der Waals surface area contributed by atoms with Crippen LogP contribution >= 0.6 is 0 Å². The molecule has 0 radical (unpaired) electrons. The number of carboxylic acid groups (broad SMARTS) is 2. The summed E-state index contributed by atoms with van der Waals surface area (Å²) in [5.74, 6) is -14.6. The van der Waals surface area contributed by atoms with Gasteiger partial charge in [0.15, 0.2) is 0 Å². The lowest BCUT2D eigenvalue weighted by atomic mass is 9.97. The quantitative estimate of drug-likeness (QED) is 0.0198. The minimum atomic E-state index is -1.98. The first-order chi connectivity index (χ1) is 49.8. The lowest BCUT2D eigenvalue weighted by Gasteiger charge is -2.31. The Morgan fingerprint density at radius 2 is 1.15 bits per heavy atom. The highest BCUT2D eigenvalue weighted by atomic mass is 16.5. The number of nitrogens with two attached hydrogens (primary N) is 2. The maximum Gasteiger partial charge on any atom is 0.334 e. The smallest absolute Gasteiger partial charge is 0.334 e. The number of hydrogen-bond donors (Lipinski definition) is 16. The highest BCUT2D eigenvalue weighted by Crippen LogP contribution is 2.23. The summed E-state index contributed by atoms with van der Waals surface area (Å²) in [6.07, 6.45) is 2.67. The molecule has 105 heavy (non-hydrogen) atoms. The molecule has 0 saturated carbocycles. The normalized spacial score (nSPS) is 21.9. The second-order valence-corrected chi connectivity index (χ2v) is 27.8. The Bertz CT molecular complexity index is 3230. The van der Waals surface area contributed by atoms with E-state index in [2.05, 4.69) is 61.7 Å². The van der Waals surface area contributed by atoms with Crippen LogP contribution in [0, 0.1) is 11.8 Å². The number of phenols is 1. The van der Waals surface area contributed by atoms with Crippen molar-refractivity contribution in [3.05, 3.63) is 59.7 Å². The standard InChI is InChI=1S/C73H112N12O20/c1-7-43(5)62-73(104)105-49-29-25-46(26-30-49)40-56(81-64(95)51(21-17-37-74)78-65(96)52(32-35-60(91)92)76-59(90)41-48(88)20-16-14-12-10-9-11-13-15-19-42(3)4)69(100)84-63(44(6)86)71(102)80-54(33-36-61(93)94)66(97)77-50(8-2)72(103)85-38-18-22-57(85)70(101)79-53(31-34-58(75)89)67(98)82-55(68(99)83-62)39-45-23-27-47(87)28-24-45/h23-30,42-44,48,50-57,62-63,86-88H,7-22,31-41,74H2,1-6H3,(H2,75,89)(H,76,90)(H,77,97)(H,78,96)(H,79,101)(H,80,102)(H,81,95)(H,82,98)(H,83,99)(H,84,100)(H,91,92)(H,93,94). The van der Waals surface area contributed by atoms with Crippen molar-refractivity contribution >= 4 is 82.9 Å². The summed E-state index contributed by atoms with van der Waals surface area (Å²) in [5, 5.41) is 74.4. The van der Waals surface area contributed by atoms with Crippen LogP contribution in [0.5, 0.6) is 11.5 Å². The zero-order valence-electron chi connectivity index (χ0n) is 61.3. The van der Waals surface area contributed by atoms with Crippen molar-refractivity contribution in [3.63, 3.8) is 0 Å². The number of benzene rings is 2. The highest BCUT2D eigenvalue weighted by Gasteiger charge is 2.42. The number of unbranched alkanes of at least 4 members (excludes halogenated alkanes) is 7. The Morgan fingerprint density at radius 1 is 0.600 bits per heavy atom. The Balaban J connectivity index is 1.77. The molecule has 5 rings (SSSR count). The molecule has 3 aliphatic rings. The molecule has 3 aliphatic heterocycles. The van der Waals surface area contributed by atoms with Gasteiger partial charge in [0.05, 0.1) is 18.6 Å². The van der Waals surface area contributed by atoms with Crippen molar-refractivity contribution < 1.29 is 97.4 Å². The van der Waals surface area contributed by atoms with E-state index in [1.165, 1.54) is 74.7 Å². The number of nitrogens with one attached hydrogen (secondary N) is 9. The number of aliphatic hydroxyl groups excluding tert-OH is 2. The number of carbonyl (C=O) groups is 14. The zero-order valence-corrected chi connectivity index (χ0v) is 61.3. The van der Waals surface area contributed by atoms with Crippen LogP contribution in [0.15, 0.2) is 48.5 Å². The van der Waals surface area contributed by atoms with Gasteiger partial charge in [-0.25, -0.2) is 4.79 Å². The SMILES string of the molecule is CCC1NC(=O)C(CCC(=O)O)NC(=O)C(C(C)O)NC(=O)C(NC(=O)C(CCCN)NC(=O)C(CCC(=O)O)NC(=O)CC(O)CCCCCCCCCCC(C)C)Cc2ccc(cc2)OC(=O)C(C(C)CC)NC(=O)C(Cc2ccc(O)cc2)NC(=O)C(CCC(N)=O)NC(=O)C2CCCN2C1=O. The summed E-state index contributed by atoms with van der Waals surface area (Å²) < 4.78 is 5.83. The number of aliphatic carboxylic acids is 2. The molecule has 0 spiro atoms. The number of aliphatic hydroxyl groups is 2. The number of aromatic hydroxyl groups is 1. The molecule has 32 nitrogen and oxygen atoms in total. The second kappa shape index (κ2) is 45.8. The van der Waals surface area contributed by atoms with Crippen LogP contribution in [0.1, 0.15) is 200 Å². The zero-order chi connectivity index (χ0) is 77.9. The summed E-state index contributed by atoms with van der Waals surface area (Å²) in [5.41, 5.74) is 12.0. The molecule has 2 aromatic rings.